The number of nitrogens with zero attached hydrogens (tertiary/aromatic N) is 2. The topological polar surface area (TPSA) is 85.2 Å². The molecule has 0 saturated carbocycles. The quantitative estimate of drug-likeness (QED) is 0.741. The number of hydrogen-bond acceptors (Lipinski definition) is 5. The van der Waals surface area contributed by atoms with Gasteiger partial charge in [0.05, 0.1) is 6.54 Å². The van der Waals surface area contributed by atoms with E-state index >= 15 is 0 Å². The van der Waals surface area contributed by atoms with Gasteiger partial charge in [-0.25, -0.2) is 4.98 Å². The van der Waals surface area contributed by atoms with Crippen molar-refractivity contribution in [3.63, 3.8) is 0 Å². The highest BCUT2D eigenvalue weighted by molar-refractivity contribution is 7.15. The summed E-state index contributed by atoms with van der Waals surface area (Å²) < 4.78 is 0. The van der Waals surface area contributed by atoms with Crippen LogP contribution in [0.25, 0.3) is 0 Å². The van der Waals surface area contributed by atoms with Crippen LogP contribution in [-0.2, 0) is 11.3 Å². The van der Waals surface area contributed by atoms with Gasteiger partial charge in [-0.15, -0.1) is 11.3 Å². The van der Waals surface area contributed by atoms with Gasteiger partial charge in [-0.3, -0.25) is 9.69 Å². The standard InChI is InChI=1S/C10H18N4OS/c1-2-3-4-14(7-9(11)15)6-8-5-13-10(12)16-8/h5H,2-4,6-7H2,1H3,(H2,11,15)(H2,12,13). The molecule has 16 heavy (non-hydrogen) atoms. The van der Waals surface area contributed by atoms with Crippen molar-refractivity contribution in [3.05, 3.63) is 11.1 Å². The van der Waals surface area contributed by atoms with Crippen molar-refractivity contribution in [2.45, 2.75) is 26.3 Å². The molecule has 0 aliphatic carbocycles. The van der Waals surface area contributed by atoms with E-state index in [1.807, 2.05) is 4.90 Å². The molecule has 0 bridgehead atoms. The fraction of sp³-hybridized carbons (Fsp3) is 0.600. The molecule has 0 fully saturated rings. The van der Waals surface area contributed by atoms with Gasteiger partial charge in [0.15, 0.2) is 5.13 Å². The van der Waals surface area contributed by atoms with E-state index < -0.39 is 0 Å². The average molecular weight is 242 g/mol. The number of carbonyl (C=O) groups excluding carboxylic acids is 1. The zero-order valence-electron chi connectivity index (χ0n) is 9.48. The van der Waals surface area contributed by atoms with Gasteiger partial charge >= 0.3 is 0 Å². The van der Waals surface area contributed by atoms with Gasteiger partial charge in [-0.05, 0) is 13.0 Å². The second kappa shape index (κ2) is 6.44. The molecule has 1 heterocycles. The molecule has 0 aromatic carbocycles. The molecule has 0 spiro atoms. The van der Waals surface area contributed by atoms with Crippen LogP contribution in [-0.4, -0.2) is 28.9 Å². The Morgan fingerprint density at radius 1 is 1.62 bits per heavy atom. The van der Waals surface area contributed by atoms with E-state index in [4.69, 9.17) is 11.5 Å². The molecule has 1 rings (SSSR count). The SMILES string of the molecule is CCCCN(CC(N)=O)Cc1cnc(N)s1. The van der Waals surface area contributed by atoms with Crippen LogP contribution in [0, 0.1) is 0 Å². The third kappa shape index (κ3) is 4.59. The summed E-state index contributed by atoms with van der Waals surface area (Å²) >= 11 is 1.45. The molecule has 1 aromatic rings. The number of nitrogen functional groups attached to an aromatic ring is 1. The van der Waals surface area contributed by atoms with Gasteiger partial charge in [0.1, 0.15) is 0 Å². The van der Waals surface area contributed by atoms with Crippen molar-refractivity contribution >= 4 is 22.4 Å². The van der Waals surface area contributed by atoms with Gasteiger partial charge < -0.3 is 11.5 Å². The summed E-state index contributed by atoms with van der Waals surface area (Å²) in [5, 5.41) is 0.560. The normalized spacial score (nSPS) is 10.9. The Labute approximate surface area is 99.4 Å². The largest absolute Gasteiger partial charge is 0.375 e. The Morgan fingerprint density at radius 2 is 2.38 bits per heavy atom. The number of amides is 1. The molecule has 1 aromatic heterocycles. The van der Waals surface area contributed by atoms with Crippen molar-refractivity contribution in [3.8, 4) is 0 Å². The first kappa shape index (κ1) is 12.9. The summed E-state index contributed by atoms with van der Waals surface area (Å²) in [5.41, 5.74) is 10.8. The second-order valence-corrected chi connectivity index (χ2v) is 4.84. The van der Waals surface area contributed by atoms with Gasteiger partial charge in [-0.2, -0.15) is 0 Å². The molecule has 4 N–H and O–H groups in total. The monoisotopic (exact) mass is 242 g/mol. The number of aromatic nitrogens is 1. The molecular formula is C10H18N4OS. The van der Waals surface area contributed by atoms with Crippen LogP contribution in [0.5, 0.6) is 0 Å². The lowest BCUT2D eigenvalue weighted by atomic mass is 10.3. The lowest BCUT2D eigenvalue weighted by Gasteiger charge is -2.19. The Balaban J connectivity index is 2.51. The first-order chi connectivity index (χ1) is 7.61. The Hall–Kier alpha value is -1.14. The van der Waals surface area contributed by atoms with E-state index in [1.54, 1.807) is 6.20 Å². The number of thiazole rings is 1. The Bertz CT molecular complexity index is 339. The van der Waals surface area contributed by atoms with Crippen LogP contribution in [0.2, 0.25) is 0 Å². The molecule has 0 saturated heterocycles. The summed E-state index contributed by atoms with van der Waals surface area (Å²) in [6.07, 6.45) is 3.90. The summed E-state index contributed by atoms with van der Waals surface area (Å²) in [4.78, 5) is 18.0. The van der Waals surface area contributed by atoms with Gasteiger partial charge in [0.2, 0.25) is 5.91 Å². The minimum atomic E-state index is -0.298. The predicted octanol–water partition coefficient (Wildman–Crippen LogP) is 0.813. The molecule has 0 unspecified atom stereocenters. The molecule has 5 nitrogen and oxygen atoms in total. The third-order valence-electron chi connectivity index (χ3n) is 2.16. The predicted molar refractivity (Wildman–Crippen MR) is 65.9 cm³/mol. The molecule has 0 aliphatic heterocycles. The second-order valence-electron chi connectivity index (χ2n) is 3.70. The zero-order chi connectivity index (χ0) is 12.0. The van der Waals surface area contributed by atoms with Crippen molar-refractivity contribution < 1.29 is 4.79 Å². The zero-order valence-corrected chi connectivity index (χ0v) is 10.3. The number of anilines is 1. The lowest BCUT2D eigenvalue weighted by Crippen LogP contribution is -2.33. The first-order valence-electron chi connectivity index (χ1n) is 5.32. The van der Waals surface area contributed by atoms with Crippen molar-refractivity contribution in [2.24, 2.45) is 5.73 Å². The maximum absolute atomic E-state index is 10.9. The fourth-order valence-corrected chi connectivity index (χ4v) is 2.16. The molecule has 1 amide bonds. The highest BCUT2D eigenvalue weighted by atomic mass is 32.1. The van der Waals surface area contributed by atoms with Gasteiger partial charge in [0.25, 0.3) is 0 Å². The minimum absolute atomic E-state index is 0.289. The van der Waals surface area contributed by atoms with E-state index in [-0.39, 0.29) is 12.5 Å². The van der Waals surface area contributed by atoms with Gasteiger partial charge in [-0.1, -0.05) is 13.3 Å². The fourth-order valence-electron chi connectivity index (χ4n) is 1.43. The van der Waals surface area contributed by atoms with E-state index in [0.29, 0.717) is 11.7 Å². The lowest BCUT2D eigenvalue weighted by molar-refractivity contribution is -0.119. The maximum atomic E-state index is 10.9. The minimum Gasteiger partial charge on any atom is -0.375 e. The van der Waals surface area contributed by atoms with Crippen molar-refractivity contribution in [1.29, 1.82) is 0 Å². The summed E-state index contributed by atoms with van der Waals surface area (Å²) in [6.45, 7) is 3.97. The molecule has 90 valence electrons. The van der Waals surface area contributed by atoms with E-state index in [0.717, 1.165) is 24.3 Å². The third-order valence-corrected chi connectivity index (χ3v) is 2.97. The molecule has 0 radical (unpaired) electrons. The van der Waals surface area contributed by atoms with Gasteiger partial charge in [0, 0.05) is 17.6 Å². The highest BCUT2D eigenvalue weighted by Gasteiger charge is 2.10. The van der Waals surface area contributed by atoms with Crippen LogP contribution >= 0.6 is 11.3 Å². The maximum Gasteiger partial charge on any atom is 0.231 e. The van der Waals surface area contributed by atoms with E-state index in [9.17, 15) is 4.79 Å². The first-order valence-corrected chi connectivity index (χ1v) is 6.14. The number of hydrogen-bond donors (Lipinski definition) is 2. The smallest absolute Gasteiger partial charge is 0.231 e. The molecular weight excluding hydrogens is 224 g/mol. The molecule has 0 aliphatic rings. The Morgan fingerprint density at radius 3 is 2.88 bits per heavy atom. The summed E-state index contributed by atoms with van der Waals surface area (Å²) in [7, 11) is 0. The summed E-state index contributed by atoms with van der Waals surface area (Å²) in [5.74, 6) is -0.298. The number of primary amides is 1. The highest BCUT2D eigenvalue weighted by Crippen LogP contribution is 2.16. The van der Waals surface area contributed by atoms with Crippen molar-refractivity contribution in [1.82, 2.24) is 9.88 Å². The number of rotatable bonds is 7. The van der Waals surface area contributed by atoms with E-state index in [2.05, 4.69) is 11.9 Å². The molecule has 0 atom stereocenters. The van der Waals surface area contributed by atoms with Crippen LogP contribution in [0.4, 0.5) is 5.13 Å². The average Bonchev–Trinajstić information content (AvgIpc) is 2.59. The van der Waals surface area contributed by atoms with Crippen LogP contribution in [0.3, 0.4) is 0 Å². The van der Waals surface area contributed by atoms with Crippen molar-refractivity contribution in [2.75, 3.05) is 18.8 Å². The van der Waals surface area contributed by atoms with Crippen LogP contribution < -0.4 is 11.5 Å². The van der Waals surface area contributed by atoms with Crippen LogP contribution in [0.1, 0.15) is 24.6 Å². The number of carbonyl (C=O) groups is 1. The summed E-state index contributed by atoms with van der Waals surface area (Å²) in [6, 6.07) is 0. The van der Waals surface area contributed by atoms with Crippen LogP contribution in [0.15, 0.2) is 6.20 Å². The van der Waals surface area contributed by atoms with E-state index in [1.165, 1.54) is 11.3 Å². The molecule has 6 heteroatoms. The number of nitrogens with two attached hydrogens (primary N) is 2. The Kier molecular flexibility index (Phi) is 5.21. The number of unbranched alkanes of at least 4 members (excludes halogenated alkanes) is 1.